The normalized spacial score (nSPS) is 17.2. The number of benzene rings is 1. The second-order valence-electron chi connectivity index (χ2n) is 7.02. The van der Waals surface area contributed by atoms with E-state index in [0.29, 0.717) is 6.42 Å². The minimum atomic E-state index is 0.199. The molecule has 5 nitrogen and oxygen atoms in total. The van der Waals surface area contributed by atoms with Crippen LogP contribution in [0.3, 0.4) is 0 Å². The Kier molecular flexibility index (Phi) is 5.76. The van der Waals surface area contributed by atoms with Crippen molar-refractivity contribution in [1.82, 2.24) is 14.8 Å². The predicted octanol–water partition coefficient (Wildman–Crippen LogP) is 2.32. The lowest BCUT2D eigenvalue weighted by Gasteiger charge is -2.38. The van der Waals surface area contributed by atoms with Crippen LogP contribution < -0.4 is 0 Å². The number of piperazine rings is 1. The van der Waals surface area contributed by atoms with Crippen LogP contribution in [0.15, 0.2) is 24.4 Å². The molecule has 136 valence electrons. The summed E-state index contributed by atoms with van der Waals surface area (Å²) in [6, 6.07) is 6.61. The van der Waals surface area contributed by atoms with E-state index in [0.717, 1.165) is 44.5 Å². The van der Waals surface area contributed by atoms with Crippen molar-refractivity contribution in [2.24, 2.45) is 0 Å². The summed E-state index contributed by atoms with van der Waals surface area (Å²) in [6.45, 7) is 7.64. The summed E-state index contributed by atoms with van der Waals surface area (Å²) < 4.78 is 0. The summed E-state index contributed by atoms with van der Waals surface area (Å²) in [5.74, 6) is 0.235. The largest absolute Gasteiger partial charge is 0.395 e. The number of carbonyl (C=O) groups is 1. The van der Waals surface area contributed by atoms with Crippen molar-refractivity contribution in [1.29, 1.82) is 0 Å². The summed E-state index contributed by atoms with van der Waals surface area (Å²) in [5, 5.41) is 10.7. The van der Waals surface area contributed by atoms with Gasteiger partial charge in [-0.05, 0) is 37.5 Å². The number of aliphatic hydroxyl groups excluding tert-OH is 1. The van der Waals surface area contributed by atoms with Gasteiger partial charge in [0.15, 0.2) is 0 Å². The number of aliphatic hydroxyl groups is 1. The van der Waals surface area contributed by atoms with Crippen molar-refractivity contribution in [3.05, 3.63) is 35.5 Å². The number of amides is 1. The lowest BCUT2D eigenvalue weighted by molar-refractivity contribution is -0.133. The Morgan fingerprint density at radius 3 is 2.72 bits per heavy atom. The van der Waals surface area contributed by atoms with Crippen LogP contribution in [0, 0.1) is 6.92 Å². The molecular formula is C20H29N3O2. The first-order valence-electron chi connectivity index (χ1n) is 9.31. The van der Waals surface area contributed by atoms with Crippen LogP contribution in [0.1, 0.15) is 30.9 Å². The molecule has 0 bridgehead atoms. The first kappa shape index (κ1) is 18.0. The highest BCUT2D eigenvalue weighted by Crippen LogP contribution is 2.21. The van der Waals surface area contributed by atoms with E-state index in [-0.39, 0.29) is 18.6 Å². The first-order chi connectivity index (χ1) is 12.1. The van der Waals surface area contributed by atoms with E-state index < -0.39 is 0 Å². The Morgan fingerprint density at radius 1 is 1.28 bits per heavy atom. The number of aromatic nitrogens is 1. The van der Waals surface area contributed by atoms with E-state index in [2.05, 4.69) is 41.9 Å². The fourth-order valence-electron chi connectivity index (χ4n) is 3.74. The van der Waals surface area contributed by atoms with Crippen molar-refractivity contribution < 1.29 is 9.90 Å². The van der Waals surface area contributed by atoms with E-state index in [1.807, 2.05) is 11.1 Å². The van der Waals surface area contributed by atoms with Crippen molar-refractivity contribution in [3.63, 3.8) is 0 Å². The van der Waals surface area contributed by atoms with Gasteiger partial charge in [0.05, 0.1) is 6.61 Å². The Morgan fingerprint density at radius 2 is 2.04 bits per heavy atom. The molecule has 0 saturated carbocycles. The number of fused-ring (bicyclic) bond motifs is 1. The molecule has 1 aliphatic heterocycles. The van der Waals surface area contributed by atoms with E-state index in [9.17, 15) is 9.90 Å². The number of H-pyrrole nitrogens is 1. The molecule has 3 rings (SSSR count). The Hall–Kier alpha value is -1.85. The molecule has 1 saturated heterocycles. The molecule has 0 radical (unpaired) electrons. The third-order valence-electron chi connectivity index (χ3n) is 5.40. The van der Waals surface area contributed by atoms with Gasteiger partial charge in [-0.15, -0.1) is 0 Å². The van der Waals surface area contributed by atoms with Crippen LogP contribution in [-0.2, 0) is 11.2 Å². The highest BCUT2D eigenvalue weighted by atomic mass is 16.3. The molecule has 1 aromatic carbocycles. The van der Waals surface area contributed by atoms with Gasteiger partial charge in [-0.25, -0.2) is 0 Å². The maximum Gasteiger partial charge on any atom is 0.222 e. The number of nitrogens with zero attached hydrogens (tertiary/aromatic N) is 2. The van der Waals surface area contributed by atoms with Crippen molar-refractivity contribution >= 4 is 16.8 Å². The average Bonchev–Trinajstić information content (AvgIpc) is 3.03. The third kappa shape index (κ3) is 4.05. The summed E-state index contributed by atoms with van der Waals surface area (Å²) in [5.41, 5.74) is 3.60. The topological polar surface area (TPSA) is 59.6 Å². The summed E-state index contributed by atoms with van der Waals surface area (Å²) in [7, 11) is 0. The van der Waals surface area contributed by atoms with Crippen LogP contribution in [0.2, 0.25) is 0 Å². The van der Waals surface area contributed by atoms with Gasteiger partial charge in [0, 0.05) is 55.7 Å². The molecule has 1 fully saturated rings. The standard InChI is InChI=1S/C20H29N3O2/c1-3-17(14-24)22-8-10-23(11-9-22)20(25)7-5-16-13-21-19-6-4-15(2)12-18(16)19/h4,6,12-13,17,21,24H,3,5,7-11,14H2,1-2H3. The number of rotatable bonds is 6. The van der Waals surface area contributed by atoms with Crippen molar-refractivity contribution in [2.45, 2.75) is 39.2 Å². The zero-order valence-electron chi connectivity index (χ0n) is 15.3. The van der Waals surface area contributed by atoms with Gasteiger partial charge in [-0.3, -0.25) is 9.69 Å². The average molecular weight is 343 g/mol. The van der Waals surface area contributed by atoms with E-state index >= 15 is 0 Å². The van der Waals surface area contributed by atoms with Gasteiger partial charge in [0.2, 0.25) is 5.91 Å². The number of hydrogen-bond donors (Lipinski definition) is 2. The molecule has 0 aliphatic carbocycles. The molecule has 2 aromatic rings. The summed E-state index contributed by atoms with van der Waals surface area (Å²) in [4.78, 5) is 20.1. The van der Waals surface area contributed by atoms with Gasteiger partial charge in [0.25, 0.3) is 0 Å². The minimum absolute atomic E-state index is 0.199. The molecule has 1 aliphatic rings. The molecule has 5 heteroatoms. The first-order valence-corrected chi connectivity index (χ1v) is 9.31. The van der Waals surface area contributed by atoms with Gasteiger partial charge >= 0.3 is 0 Å². The van der Waals surface area contributed by atoms with Crippen molar-refractivity contribution in [3.8, 4) is 0 Å². The molecule has 1 atom stereocenters. The smallest absolute Gasteiger partial charge is 0.222 e. The predicted molar refractivity (Wildman–Crippen MR) is 101 cm³/mol. The van der Waals surface area contributed by atoms with Crippen LogP contribution >= 0.6 is 0 Å². The van der Waals surface area contributed by atoms with E-state index in [4.69, 9.17) is 0 Å². The molecule has 2 N–H and O–H groups in total. The number of hydrogen-bond acceptors (Lipinski definition) is 3. The lowest BCUT2D eigenvalue weighted by atomic mass is 10.1. The maximum absolute atomic E-state index is 12.6. The molecule has 25 heavy (non-hydrogen) atoms. The quantitative estimate of drug-likeness (QED) is 0.846. The highest BCUT2D eigenvalue weighted by Gasteiger charge is 2.24. The van der Waals surface area contributed by atoms with Gasteiger partial charge in [0.1, 0.15) is 0 Å². The van der Waals surface area contributed by atoms with Crippen LogP contribution in [-0.4, -0.2) is 64.6 Å². The van der Waals surface area contributed by atoms with Crippen LogP contribution in [0.25, 0.3) is 10.9 Å². The van der Waals surface area contributed by atoms with Gasteiger partial charge in [-0.1, -0.05) is 18.6 Å². The molecule has 0 spiro atoms. The second kappa shape index (κ2) is 8.02. The second-order valence-corrected chi connectivity index (χ2v) is 7.02. The fourth-order valence-corrected chi connectivity index (χ4v) is 3.74. The number of aromatic amines is 1. The number of aryl methyl sites for hydroxylation is 2. The number of carbonyl (C=O) groups excluding carboxylic acids is 1. The van der Waals surface area contributed by atoms with E-state index in [1.54, 1.807) is 0 Å². The minimum Gasteiger partial charge on any atom is -0.395 e. The fraction of sp³-hybridized carbons (Fsp3) is 0.550. The third-order valence-corrected chi connectivity index (χ3v) is 5.40. The Balaban J connectivity index is 1.54. The molecule has 1 amide bonds. The Labute approximate surface area is 149 Å². The van der Waals surface area contributed by atoms with Crippen LogP contribution in [0.4, 0.5) is 0 Å². The van der Waals surface area contributed by atoms with E-state index in [1.165, 1.54) is 16.5 Å². The maximum atomic E-state index is 12.6. The highest BCUT2D eigenvalue weighted by molar-refractivity contribution is 5.85. The zero-order valence-corrected chi connectivity index (χ0v) is 15.3. The number of nitrogens with one attached hydrogen (secondary N) is 1. The van der Waals surface area contributed by atoms with Crippen LogP contribution in [0.5, 0.6) is 0 Å². The molecule has 1 unspecified atom stereocenters. The lowest BCUT2D eigenvalue weighted by Crippen LogP contribution is -2.52. The monoisotopic (exact) mass is 343 g/mol. The zero-order chi connectivity index (χ0) is 17.8. The SMILES string of the molecule is CCC(CO)N1CCN(C(=O)CCc2c[nH]c3ccc(C)cc23)CC1. The molecule has 1 aromatic heterocycles. The molecule has 2 heterocycles. The summed E-state index contributed by atoms with van der Waals surface area (Å²) >= 11 is 0. The van der Waals surface area contributed by atoms with Crippen molar-refractivity contribution in [2.75, 3.05) is 32.8 Å². The molecular weight excluding hydrogens is 314 g/mol. The summed E-state index contributed by atoms with van der Waals surface area (Å²) in [6.07, 6.45) is 4.31. The van der Waals surface area contributed by atoms with Gasteiger partial charge in [-0.2, -0.15) is 0 Å². The van der Waals surface area contributed by atoms with Gasteiger partial charge < -0.3 is 15.0 Å². The Bertz CT molecular complexity index is 713.